The minimum Gasteiger partial charge on any atom is -0.463 e. The fourth-order valence-corrected chi connectivity index (χ4v) is 6.27. The number of morpholine rings is 1. The summed E-state index contributed by atoms with van der Waals surface area (Å²) in [6, 6.07) is 4.59. The van der Waals surface area contributed by atoms with E-state index in [0.717, 1.165) is 12.8 Å². The first-order chi connectivity index (χ1) is 14.0. The standard InChI is InChI=1S/C19H24ClN5O4S/c1-18(21,22)24-16-14-10-12(4-5-13(14)15(20)11-23-16)30(27,28)25-8-9-29-17(26)19(25)6-2-3-7-19/h4-5,10-11H,2-3,6-9,21-22H2,1H3,(H,23,24). The van der Waals surface area contributed by atoms with Crippen molar-refractivity contribution in [2.45, 2.75) is 48.8 Å². The van der Waals surface area contributed by atoms with Gasteiger partial charge < -0.3 is 10.1 Å². The van der Waals surface area contributed by atoms with Crippen molar-refractivity contribution < 1.29 is 17.9 Å². The van der Waals surface area contributed by atoms with E-state index in [1.807, 2.05) is 0 Å². The van der Waals surface area contributed by atoms with Crippen LogP contribution in [0.5, 0.6) is 0 Å². The van der Waals surface area contributed by atoms with Crippen molar-refractivity contribution in [2.24, 2.45) is 11.5 Å². The maximum atomic E-state index is 13.6. The largest absolute Gasteiger partial charge is 0.463 e. The summed E-state index contributed by atoms with van der Waals surface area (Å²) in [5.41, 5.74) is 10.6. The molecule has 0 atom stereocenters. The molecule has 2 aliphatic rings. The molecule has 2 heterocycles. The zero-order valence-electron chi connectivity index (χ0n) is 16.5. The Balaban J connectivity index is 1.84. The van der Waals surface area contributed by atoms with E-state index in [-0.39, 0.29) is 18.0 Å². The van der Waals surface area contributed by atoms with Gasteiger partial charge in [-0.1, -0.05) is 30.5 Å². The number of sulfonamides is 1. The number of hydrogen-bond donors (Lipinski definition) is 3. The molecule has 1 spiro atoms. The smallest absolute Gasteiger partial charge is 0.327 e. The van der Waals surface area contributed by atoms with E-state index in [2.05, 4.69) is 10.3 Å². The highest BCUT2D eigenvalue weighted by molar-refractivity contribution is 7.89. The number of carbonyl (C=O) groups excluding carboxylic acids is 1. The van der Waals surface area contributed by atoms with Crippen molar-refractivity contribution in [3.63, 3.8) is 0 Å². The number of cyclic esters (lactones) is 1. The highest BCUT2D eigenvalue weighted by Crippen LogP contribution is 2.42. The molecule has 2 aromatic rings. The maximum absolute atomic E-state index is 13.6. The third-order valence-corrected chi connectivity index (χ3v) is 7.86. The molecular formula is C19H24ClN5O4S. The SMILES string of the molecule is CC(N)(N)Nc1ncc(Cl)c2ccc(S(=O)(=O)N3CCOC(=O)C34CCCC4)cc12. The minimum absolute atomic E-state index is 0.0340. The number of aromatic nitrogens is 1. The summed E-state index contributed by atoms with van der Waals surface area (Å²) in [5, 5.41) is 4.30. The number of carbonyl (C=O) groups is 1. The van der Waals surface area contributed by atoms with Crippen LogP contribution in [0.2, 0.25) is 5.02 Å². The van der Waals surface area contributed by atoms with Gasteiger partial charge in [-0.3, -0.25) is 16.3 Å². The van der Waals surface area contributed by atoms with Gasteiger partial charge in [0.25, 0.3) is 0 Å². The number of anilines is 1. The fraction of sp³-hybridized carbons (Fsp3) is 0.474. The van der Waals surface area contributed by atoms with Crippen molar-refractivity contribution >= 4 is 44.2 Å². The van der Waals surface area contributed by atoms with Gasteiger partial charge in [0.2, 0.25) is 10.0 Å². The van der Waals surface area contributed by atoms with Gasteiger partial charge >= 0.3 is 5.97 Å². The Morgan fingerprint density at radius 1 is 1.27 bits per heavy atom. The van der Waals surface area contributed by atoms with Crippen molar-refractivity contribution in [1.29, 1.82) is 0 Å². The zero-order chi connectivity index (χ0) is 21.7. The van der Waals surface area contributed by atoms with Gasteiger partial charge in [0.05, 0.1) is 9.92 Å². The van der Waals surface area contributed by atoms with Crippen LogP contribution < -0.4 is 16.8 Å². The van der Waals surface area contributed by atoms with Crippen LogP contribution in [0.25, 0.3) is 10.8 Å². The van der Waals surface area contributed by atoms with Crippen LogP contribution >= 0.6 is 11.6 Å². The Labute approximate surface area is 179 Å². The van der Waals surface area contributed by atoms with Crippen LogP contribution in [0.15, 0.2) is 29.3 Å². The van der Waals surface area contributed by atoms with Crippen molar-refractivity contribution in [2.75, 3.05) is 18.5 Å². The molecule has 0 amide bonds. The van der Waals surface area contributed by atoms with Gasteiger partial charge in [-0.25, -0.2) is 13.4 Å². The molecular weight excluding hydrogens is 430 g/mol. The number of rotatable bonds is 4. The molecule has 162 valence electrons. The van der Waals surface area contributed by atoms with Crippen LogP contribution in [-0.4, -0.2) is 48.2 Å². The Morgan fingerprint density at radius 2 is 1.97 bits per heavy atom. The lowest BCUT2D eigenvalue weighted by molar-refractivity contribution is -0.162. The first-order valence-electron chi connectivity index (χ1n) is 9.69. The molecule has 1 aliphatic carbocycles. The average Bonchev–Trinajstić information content (AvgIpc) is 3.15. The molecule has 0 bridgehead atoms. The van der Waals surface area contributed by atoms with Crippen LogP contribution in [0.4, 0.5) is 5.82 Å². The molecule has 1 aromatic heterocycles. The summed E-state index contributed by atoms with van der Waals surface area (Å²) in [4.78, 5) is 16.8. The fourth-order valence-electron chi connectivity index (χ4n) is 4.27. The number of nitrogens with one attached hydrogen (secondary N) is 1. The molecule has 1 saturated heterocycles. The van der Waals surface area contributed by atoms with Gasteiger partial charge in [0.1, 0.15) is 23.8 Å². The van der Waals surface area contributed by atoms with E-state index in [1.54, 1.807) is 13.0 Å². The Bertz CT molecular complexity index is 1110. The topological polar surface area (TPSA) is 141 Å². The lowest BCUT2D eigenvalue weighted by Crippen LogP contribution is -2.60. The summed E-state index contributed by atoms with van der Waals surface area (Å²) in [5.74, 6) is -1.43. The van der Waals surface area contributed by atoms with Crippen LogP contribution in [0, 0.1) is 0 Å². The van der Waals surface area contributed by atoms with Crippen LogP contribution in [0.3, 0.4) is 0 Å². The van der Waals surface area contributed by atoms with E-state index in [1.165, 1.54) is 22.6 Å². The molecule has 2 fully saturated rings. The second kappa shape index (κ2) is 7.31. The highest BCUT2D eigenvalue weighted by atomic mass is 35.5. The molecule has 4 rings (SSSR count). The molecule has 1 saturated carbocycles. The predicted molar refractivity (Wildman–Crippen MR) is 113 cm³/mol. The number of benzene rings is 1. The molecule has 1 aliphatic heterocycles. The summed E-state index contributed by atoms with van der Waals surface area (Å²) >= 11 is 6.26. The predicted octanol–water partition coefficient (Wildman–Crippen LogP) is 1.75. The zero-order valence-corrected chi connectivity index (χ0v) is 18.1. The van der Waals surface area contributed by atoms with Gasteiger partial charge in [-0.15, -0.1) is 0 Å². The summed E-state index contributed by atoms with van der Waals surface area (Å²) < 4.78 is 33.8. The molecule has 9 nitrogen and oxygen atoms in total. The number of pyridine rings is 1. The van der Waals surface area contributed by atoms with Gasteiger partial charge in [-0.2, -0.15) is 4.31 Å². The third kappa shape index (κ3) is 3.52. The number of ether oxygens (including phenoxy) is 1. The molecule has 11 heteroatoms. The van der Waals surface area contributed by atoms with Crippen LogP contribution in [0.1, 0.15) is 32.6 Å². The number of halogens is 1. The van der Waals surface area contributed by atoms with E-state index in [4.69, 9.17) is 27.8 Å². The van der Waals surface area contributed by atoms with Gasteiger partial charge in [0.15, 0.2) is 0 Å². The Hall–Kier alpha value is -1.98. The monoisotopic (exact) mass is 453 g/mol. The third-order valence-electron chi connectivity index (χ3n) is 5.60. The van der Waals surface area contributed by atoms with Crippen LogP contribution in [-0.2, 0) is 19.6 Å². The first-order valence-corrected chi connectivity index (χ1v) is 11.5. The number of esters is 1. The first kappa shape index (κ1) is 21.3. The molecule has 0 unspecified atom stereocenters. The van der Waals surface area contributed by atoms with E-state index < -0.39 is 27.3 Å². The Kier molecular flexibility index (Phi) is 5.18. The van der Waals surface area contributed by atoms with E-state index >= 15 is 0 Å². The van der Waals surface area contributed by atoms with E-state index in [0.29, 0.717) is 34.5 Å². The second-order valence-corrected chi connectivity index (χ2v) is 10.3. The van der Waals surface area contributed by atoms with E-state index in [9.17, 15) is 13.2 Å². The van der Waals surface area contributed by atoms with Crippen molar-refractivity contribution in [1.82, 2.24) is 9.29 Å². The molecule has 5 N–H and O–H groups in total. The average molecular weight is 454 g/mol. The quantitative estimate of drug-likeness (QED) is 0.469. The molecule has 0 radical (unpaired) electrons. The second-order valence-electron chi connectivity index (χ2n) is 8.02. The summed E-state index contributed by atoms with van der Waals surface area (Å²) in [7, 11) is -3.98. The molecule has 30 heavy (non-hydrogen) atoms. The number of nitrogens with two attached hydrogens (primary N) is 2. The van der Waals surface area contributed by atoms with Crippen molar-refractivity contribution in [3.05, 3.63) is 29.4 Å². The summed E-state index contributed by atoms with van der Waals surface area (Å²) in [6.07, 6.45) is 3.91. The lowest BCUT2D eigenvalue weighted by Gasteiger charge is -2.41. The number of nitrogens with zero attached hydrogens (tertiary/aromatic N) is 2. The highest BCUT2D eigenvalue weighted by Gasteiger charge is 2.54. The summed E-state index contributed by atoms with van der Waals surface area (Å²) in [6.45, 7) is 1.71. The lowest BCUT2D eigenvalue weighted by atomic mass is 9.97. The number of fused-ring (bicyclic) bond motifs is 1. The Morgan fingerprint density at radius 3 is 2.63 bits per heavy atom. The normalized spacial score (nSPS) is 19.9. The van der Waals surface area contributed by atoms with Gasteiger partial charge in [0, 0.05) is 23.5 Å². The van der Waals surface area contributed by atoms with Crippen molar-refractivity contribution in [3.8, 4) is 0 Å². The number of hydrogen-bond acceptors (Lipinski definition) is 8. The molecule has 1 aromatic carbocycles. The minimum atomic E-state index is -3.98. The van der Waals surface area contributed by atoms with Gasteiger partial charge in [-0.05, 0) is 31.9 Å². The maximum Gasteiger partial charge on any atom is 0.327 e.